The molecule has 13 heavy (non-hydrogen) atoms. The zero-order valence-electron chi connectivity index (χ0n) is 8.03. The number of primary amides is 1. The minimum atomic E-state index is -0.981. The van der Waals surface area contributed by atoms with Crippen LogP contribution >= 0.6 is 0 Å². The largest absolute Gasteiger partial charge is 0.478 e. The highest BCUT2D eigenvalue weighted by Crippen LogP contribution is 2.04. The van der Waals surface area contributed by atoms with Gasteiger partial charge in [0.15, 0.2) is 0 Å². The molecule has 0 aromatic carbocycles. The Morgan fingerprint density at radius 3 is 1.77 bits per heavy atom. The summed E-state index contributed by atoms with van der Waals surface area (Å²) < 4.78 is 4.58. The van der Waals surface area contributed by atoms with E-state index in [1.54, 1.807) is 20.8 Å². The maximum Gasteiger partial charge on any atom is 0.405 e. The number of carbonyl (C=O) groups excluding carboxylic acids is 1. The van der Waals surface area contributed by atoms with Gasteiger partial charge in [0, 0.05) is 6.08 Å². The van der Waals surface area contributed by atoms with Crippen molar-refractivity contribution in [3.05, 3.63) is 12.7 Å². The van der Waals surface area contributed by atoms with E-state index in [4.69, 9.17) is 10.8 Å². The second kappa shape index (κ2) is 6.05. The fourth-order valence-corrected chi connectivity index (χ4v) is 0.302. The number of carboxylic acids is 1. The summed E-state index contributed by atoms with van der Waals surface area (Å²) in [5.41, 5.74) is 4.26. The molecule has 0 fully saturated rings. The van der Waals surface area contributed by atoms with Crippen LogP contribution in [0.15, 0.2) is 12.7 Å². The second-order valence-corrected chi connectivity index (χ2v) is 3.08. The number of hydrogen-bond acceptors (Lipinski definition) is 3. The van der Waals surface area contributed by atoms with Crippen molar-refractivity contribution in [2.45, 2.75) is 26.4 Å². The van der Waals surface area contributed by atoms with E-state index in [9.17, 15) is 9.59 Å². The molecule has 5 nitrogen and oxygen atoms in total. The van der Waals surface area contributed by atoms with E-state index >= 15 is 0 Å². The molecule has 0 saturated heterocycles. The molecule has 76 valence electrons. The molecule has 0 atom stereocenters. The number of carboxylic acid groups (broad SMARTS) is 1. The molecule has 0 bridgehead atoms. The summed E-state index contributed by atoms with van der Waals surface area (Å²) in [6.45, 7) is 8.25. The molecule has 5 heteroatoms. The van der Waals surface area contributed by atoms with E-state index < -0.39 is 17.7 Å². The molecule has 0 heterocycles. The molecule has 0 rings (SSSR count). The highest BCUT2D eigenvalue weighted by molar-refractivity contribution is 5.78. The summed E-state index contributed by atoms with van der Waals surface area (Å²) >= 11 is 0. The number of nitrogens with two attached hydrogens (primary N) is 1. The lowest BCUT2D eigenvalue weighted by Gasteiger charge is -2.16. The van der Waals surface area contributed by atoms with E-state index in [1.807, 2.05) is 0 Å². The normalized spacial score (nSPS) is 9.15. The maximum atomic E-state index is 10.0. The van der Waals surface area contributed by atoms with Gasteiger partial charge in [0.05, 0.1) is 0 Å². The summed E-state index contributed by atoms with van der Waals surface area (Å²) in [6.07, 6.45) is 0.109. The van der Waals surface area contributed by atoms with Gasteiger partial charge in [-0.15, -0.1) is 0 Å². The van der Waals surface area contributed by atoms with Crippen molar-refractivity contribution >= 4 is 12.1 Å². The predicted octanol–water partition coefficient (Wildman–Crippen LogP) is 1.14. The number of aliphatic carboxylic acids is 1. The van der Waals surface area contributed by atoms with Crippen molar-refractivity contribution in [2.75, 3.05) is 0 Å². The summed E-state index contributed by atoms with van der Waals surface area (Å²) in [7, 11) is 0. The first kappa shape index (κ1) is 14.0. The Hall–Kier alpha value is -1.52. The van der Waals surface area contributed by atoms with Gasteiger partial charge in [0.2, 0.25) is 0 Å². The van der Waals surface area contributed by atoms with Gasteiger partial charge in [0.25, 0.3) is 0 Å². The van der Waals surface area contributed by atoms with Crippen molar-refractivity contribution in [2.24, 2.45) is 5.73 Å². The molecule has 1 amide bonds. The highest BCUT2D eigenvalue weighted by Gasteiger charge is 2.12. The molecular weight excluding hydrogens is 174 g/mol. The van der Waals surface area contributed by atoms with Crippen LogP contribution in [0.25, 0.3) is 0 Å². The molecular formula is C8H15NO4. The van der Waals surface area contributed by atoms with Crippen LogP contribution in [0.5, 0.6) is 0 Å². The fraction of sp³-hybridized carbons (Fsp3) is 0.500. The van der Waals surface area contributed by atoms with Gasteiger partial charge < -0.3 is 15.6 Å². The minimum Gasteiger partial charge on any atom is -0.478 e. The average Bonchev–Trinajstić information content (AvgIpc) is 1.83. The van der Waals surface area contributed by atoms with Crippen LogP contribution in [-0.2, 0) is 9.53 Å². The molecule has 0 spiro atoms. The lowest BCUT2D eigenvalue weighted by molar-refractivity contribution is -0.131. The first-order valence-corrected chi connectivity index (χ1v) is 3.53. The summed E-state index contributed by atoms with van der Waals surface area (Å²) in [6, 6.07) is 0. The van der Waals surface area contributed by atoms with Crippen LogP contribution in [0, 0.1) is 0 Å². The van der Waals surface area contributed by atoms with Crippen LogP contribution in [0.1, 0.15) is 20.8 Å². The number of ether oxygens (including phenoxy) is 1. The van der Waals surface area contributed by atoms with E-state index in [0.717, 1.165) is 6.08 Å². The van der Waals surface area contributed by atoms with Crippen LogP contribution < -0.4 is 5.73 Å². The van der Waals surface area contributed by atoms with Crippen molar-refractivity contribution in [1.82, 2.24) is 0 Å². The molecule has 0 aromatic heterocycles. The van der Waals surface area contributed by atoms with Crippen LogP contribution in [0.3, 0.4) is 0 Å². The molecule has 0 aliphatic carbocycles. The maximum absolute atomic E-state index is 10.0. The summed E-state index contributed by atoms with van der Waals surface area (Å²) in [5, 5.41) is 7.60. The fourth-order valence-electron chi connectivity index (χ4n) is 0.302. The van der Waals surface area contributed by atoms with Gasteiger partial charge in [-0.05, 0) is 20.8 Å². The van der Waals surface area contributed by atoms with Crippen molar-refractivity contribution in [3.63, 3.8) is 0 Å². The highest BCUT2D eigenvalue weighted by atomic mass is 16.6. The lowest BCUT2D eigenvalue weighted by atomic mass is 10.2. The zero-order chi connectivity index (χ0) is 11.1. The third-order valence-electron chi connectivity index (χ3n) is 0.581. The quantitative estimate of drug-likeness (QED) is 0.605. The monoisotopic (exact) mass is 189 g/mol. The smallest absolute Gasteiger partial charge is 0.405 e. The third kappa shape index (κ3) is 25.1. The minimum absolute atomic E-state index is 0.453. The van der Waals surface area contributed by atoms with E-state index in [-0.39, 0.29) is 0 Å². The average molecular weight is 189 g/mol. The number of hydrogen-bond donors (Lipinski definition) is 2. The van der Waals surface area contributed by atoms with Gasteiger partial charge in [-0.3, -0.25) is 0 Å². The molecule has 0 aliphatic heterocycles. The first-order chi connectivity index (χ1) is 5.69. The van der Waals surface area contributed by atoms with Crippen molar-refractivity contribution in [1.29, 1.82) is 0 Å². The van der Waals surface area contributed by atoms with E-state index in [0.29, 0.717) is 0 Å². The Morgan fingerprint density at radius 1 is 1.46 bits per heavy atom. The molecule has 3 N–H and O–H groups in total. The Bertz CT molecular complexity index is 193. The first-order valence-electron chi connectivity index (χ1n) is 3.53. The molecule has 0 unspecified atom stereocenters. The van der Waals surface area contributed by atoms with Crippen LogP contribution in [-0.4, -0.2) is 22.8 Å². The van der Waals surface area contributed by atoms with Crippen LogP contribution in [0.4, 0.5) is 4.79 Å². The lowest BCUT2D eigenvalue weighted by Crippen LogP contribution is -2.27. The number of amides is 1. The standard InChI is InChI=1S/C5H11NO2.C3H4O2/c1-5(2,3)8-4(6)7;1-2-3(4)5/h1-3H3,(H2,6,7);2H,1H2,(H,4,5). The Balaban J connectivity index is 0. The molecule has 0 radical (unpaired) electrons. The van der Waals surface area contributed by atoms with Gasteiger partial charge >= 0.3 is 12.1 Å². The topological polar surface area (TPSA) is 89.6 Å². The van der Waals surface area contributed by atoms with Gasteiger partial charge in [-0.2, -0.15) is 0 Å². The molecule has 0 aliphatic rings. The molecule has 0 aromatic rings. The zero-order valence-corrected chi connectivity index (χ0v) is 8.03. The van der Waals surface area contributed by atoms with Gasteiger partial charge in [-0.1, -0.05) is 6.58 Å². The Morgan fingerprint density at radius 2 is 1.77 bits per heavy atom. The van der Waals surface area contributed by atoms with Crippen LogP contribution in [0.2, 0.25) is 0 Å². The van der Waals surface area contributed by atoms with Gasteiger partial charge in [-0.25, -0.2) is 9.59 Å². The van der Waals surface area contributed by atoms with Crippen molar-refractivity contribution < 1.29 is 19.4 Å². The number of carbonyl (C=O) groups is 2. The summed E-state index contributed by atoms with van der Waals surface area (Å²) in [4.78, 5) is 19.3. The van der Waals surface area contributed by atoms with E-state index in [2.05, 4.69) is 11.3 Å². The Kier molecular flexibility index (Phi) is 6.53. The SMILES string of the molecule is C=CC(=O)O.CC(C)(C)OC(N)=O. The van der Waals surface area contributed by atoms with Crippen molar-refractivity contribution in [3.8, 4) is 0 Å². The van der Waals surface area contributed by atoms with E-state index in [1.165, 1.54) is 0 Å². The van der Waals surface area contributed by atoms with Gasteiger partial charge in [0.1, 0.15) is 5.60 Å². The predicted molar refractivity (Wildman–Crippen MR) is 48.3 cm³/mol. The third-order valence-corrected chi connectivity index (χ3v) is 0.581. The number of rotatable bonds is 1. The second-order valence-electron chi connectivity index (χ2n) is 3.08. The molecule has 0 saturated carbocycles. The Labute approximate surface area is 77.2 Å². The summed E-state index contributed by atoms with van der Waals surface area (Å²) in [5.74, 6) is -0.981.